The molecule has 3 rings (SSSR count). The normalized spacial score (nSPS) is 12.9. The van der Waals surface area contributed by atoms with Gasteiger partial charge in [0.15, 0.2) is 5.11 Å². The number of amides is 2. The summed E-state index contributed by atoms with van der Waals surface area (Å²) in [5.41, 5.74) is 1.83. The molecule has 1 aliphatic rings. The van der Waals surface area contributed by atoms with E-state index in [1.165, 1.54) is 13.0 Å². The zero-order chi connectivity index (χ0) is 21.7. The van der Waals surface area contributed by atoms with Crippen molar-refractivity contribution in [2.24, 2.45) is 0 Å². The van der Waals surface area contributed by atoms with Crippen molar-refractivity contribution in [3.8, 4) is 0 Å². The number of nitrogens with zero attached hydrogens (tertiary/aromatic N) is 2. The van der Waals surface area contributed by atoms with E-state index in [1.54, 1.807) is 36.4 Å². The van der Waals surface area contributed by atoms with E-state index in [0.717, 1.165) is 25.9 Å². The number of carbonyl (C=O) groups is 2. The Morgan fingerprint density at radius 3 is 2.20 bits per heavy atom. The highest BCUT2D eigenvalue weighted by Crippen LogP contribution is 2.32. The van der Waals surface area contributed by atoms with Crippen molar-refractivity contribution in [1.82, 2.24) is 5.32 Å². The first-order valence-corrected chi connectivity index (χ1v) is 9.77. The molecule has 0 bridgehead atoms. The van der Waals surface area contributed by atoms with Crippen LogP contribution in [0, 0.1) is 10.1 Å². The minimum atomic E-state index is -0.455. The van der Waals surface area contributed by atoms with E-state index < -0.39 is 10.8 Å². The molecule has 0 aliphatic carbocycles. The summed E-state index contributed by atoms with van der Waals surface area (Å²) < 4.78 is 0. The van der Waals surface area contributed by atoms with Crippen LogP contribution in [0.2, 0.25) is 0 Å². The molecule has 0 radical (unpaired) electrons. The van der Waals surface area contributed by atoms with Crippen LogP contribution < -0.4 is 20.9 Å². The topological polar surface area (TPSA) is 117 Å². The van der Waals surface area contributed by atoms with Crippen molar-refractivity contribution in [2.45, 2.75) is 19.8 Å². The first-order chi connectivity index (χ1) is 14.3. The highest BCUT2D eigenvalue weighted by atomic mass is 32.1. The second-order valence-corrected chi connectivity index (χ2v) is 7.23. The number of anilines is 3. The van der Waals surface area contributed by atoms with Gasteiger partial charge in [0.05, 0.1) is 4.92 Å². The Kier molecular flexibility index (Phi) is 6.58. The highest BCUT2D eigenvalue weighted by molar-refractivity contribution is 7.80. The zero-order valence-corrected chi connectivity index (χ0v) is 17.1. The molecule has 1 fully saturated rings. The maximum absolute atomic E-state index is 12.6. The van der Waals surface area contributed by atoms with E-state index in [0.29, 0.717) is 17.1 Å². The molecule has 3 N–H and O–H groups in total. The fourth-order valence-corrected chi connectivity index (χ4v) is 3.46. The number of hydrogen-bond donors (Lipinski definition) is 3. The third kappa shape index (κ3) is 5.29. The van der Waals surface area contributed by atoms with Gasteiger partial charge in [-0.15, -0.1) is 0 Å². The Hall–Kier alpha value is -3.53. The van der Waals surface area contributed by atoms with Crippen LogP contribution in [-0.2, 0) is 4.79 Å². The molecule has 2 aromatic carbocycles. The van der Waals surface area contributed by atoms with Crippen LogP contribution in [0.4, 0.5) is 22.7 Å². The molecule has 9 nitrogen and oxygen atoms in total. The van der Waals surface area contributed by atoms with Crippen LogP contribution in [0.15, 0.2) is 42.5 Å². The lowest BCUT2D eigenvalue weighted by Gasteiger charge is -2.17. The van der Waals surface area contributed by atoms with Gasteiger partial charge in [-0.1, -0.05) is 0 Å². The molecule has 0 unspecified atom stereocenters. The fraction of sp³-hybridized carbons (Fsp3) is 0.250. The maximum atomic E-state index is 12.6. The average molecular weight is 427 g/mol. The third-order valence-electron chi connectivity index (χ3n) is 4.57. The summed E-state index contributed by atoms with van der Waals surface area (Å²) in [5, 5.41) is 19.7. The molecule has 2 amide bonds. The summed E-state index contributed by atoms with van der Waals surface area (Å²) in [6.45, 7) is 2.91. The van der Waals surface area contributed by atoms with Gasteiger partial charge in [0, 0.05) is 43.0 Å². The summed E-state index contributed by atoms with van der Waals surface area (Å²) in [5.74, 6) is -0.721. The zero-order valence-electron chi connectivity index (χ0n) is 16.3. The number of carbonyl (C=O) groups excluding carboxylic acids is 2. The van der Waals surface area contributed by atoms with E-state index in [4.69, 9.17) is 12.2 Å². The van der Waals surface area contributed by atoms with Crippen LogP contribution >= 0.6 is 12.2 Å². The smallest absolute Gasteiger partial charge is 0.293 e. The minimum Gasteiger partial charge on any atom is -0.366 e. The van der Waals surface area contributed by atoms with E-state index in [-0.39, 0.29) is 22.3 Å². The quantitative estimate of drug-likeness (QED) is 0.381. The number of nitro benzene ring substituents is 1. The molecule has 1 saturated heterocycles. The molecule has 0 saturated carbocycles. The number of benzene rings is 2. The monoisotopic (exact) mass is 427 g/mol. The van der Waals surface area contributed by atoms with Crippen molar-refractivity contribution >= 4 is 51.9 Å². The van der Waals surface area contributed by atoms with Gasteiger partial charge in [-0.25, -0.2) is 0 Å². The van der Waals surface area contributed by atoms with Gasteiger partial charge in [0.1, 0.15) is 5.69 Å². The summed E-state index contributed by atoms with van der Waals surface area (Å²) in [6, 6.07) is 11.2. The van der Waals surface area contributed by atoms with Crippen molar-refractivity contribution < 1.29 is 14.5 Å². The molecule has 0 aromatic heterocycles. The second-order valence-electron chi connectivity index (χ2n) is 6.82. The molecule has 0 spiro atoms. The summed E-state index contributed by atoms with van der Waals surface area (Å²) >= 11 is 4.99. The first-order valence-electron chi connectivity index (χ1n) is 9.37. The van der Waals surface area contributed by atoms with Crippen LogP contribution in [0.5, 0.6) is 0 Å². The van der Waals surface area contributed by atoms with Crippen molar-refractivity contribution in [1.29, 1.82) is 0 Å². The van der Waals surface area contributed by atoms with Crippen LogP contribution in [0.25, 0.3) is 0 Å². The first kappa shape index (κ1) is 21.2. The van der Waals surface area contributed by atoms with Gasteiger partial charge in [-0.3, -0.25) is 19.7 Å². The minimum absolute atomic E-state index is 0.0735. The molecular formula is C20H21N5O4S. The molecule has 10 heteroatoms. The molecule has 2 aromatic rings. The van der Waals surface area contributed by atoms with E-state index in [1.807, 2.05) is 4.90 Å². The number of nitrogens with one attached hydrogen (secondary N) is 3. The summed E-state index contributed by atoms with van der Waals surface area (Å²) in [7, 11) is 0. The van der Waals surface area contributed by atoms with Crippen LogP contribution in [-0.4, -0.2) is 34.9 Å². The van der Waals surface area contributed by atoms with Crippen molar-refractivity contribution in [2.75, 3.05) is 28.6 Å². The molecule has 30 heavy (non-hydrogen) atoms. The molecule has 1 aliphatic heterocycles. The largest absolute Gasteiger partial charge is 0.366 e. The van der Waals surface area contributed by atoms with Gasteiger partial charge < -0.3 is 20.9 Å². The third-order valence-corrected chi connectivity index (χ3v) is 4.78. The van der Waals surface area contributed by atoms with E-state index in [2.05, 4.69) is 16.0 Å². The van der Waals surface area contributed by atoms with Gasteiger partial charge in [-0.05, 0) is 61.5 Å². The Balaban J connectivity index is 1.69. The van der Waals surface area contributed by atoms with Gasteiger partial charge in [0.25, 0.3) is 11.6 Å². The molecule has 1 heterocycles. The predicted octanol–water partition coefficient (Wildman–Crippen LogP) is 3.28. The van der Waals surface area contributed by atoms with Crippen LogP contribution in [0.1, 0.15) is 30.1 Å². The highest BCUT2D eigenvalue weighted by Gasteiger charge is 2.23. The Morgan fingerprint density at radius 1 is 1.03 bits per heavy atom. The standard InChI is InChI=1S/C20H21N5O4S/c1-13(26)21-20(30)23-16-7-5-15(6-8-16)22-19(27)14-4-9-17(18(12-14)25(28)29)24-10-2-3-11-24/h4-9,12H,2-3,10-11H2,1H3,(H,22,27)(H2,21,23,26,30). The molecule has 0 atom stereocenters. The summed E-state index contributed by atoms with van der Waals surface area (Å²) in [6.07, 6.45) is 2.00. The van der Waals surface area contributed by atoms with Gasteiger partial charge >= 0.3 is 0 Å². The fourth-order valence-electron chi connectivity index (χ4n) is 3.20. The number of hydrogen-bond acceptors (Lipinski definition) is 6. The van der Waals surface area contributed by atoms with E-state index >= 15 is 0 Å². The van der Waals surface area contributed by atoms with Crippen molar-refractivity contribution in [3.05, 3.63) is 58.1 Å². The van der Waals surface area contributed by atoms with Gasteiger partial charge in [0.2, 0.25) is 5.91 Å². The number of rotatable bonds is 5. The lowest BCUT2D eigenvalue weighted by Crippen LogP contribution is -2.32. The maximum Gasteiger partial charge on any atom is 0.293 e. The summed E-state index contributed by atoms with van der Waals surface area (Å²) in [4.78, 5) is 36.6. The molecule has 156 valence electrons. The number of thiocarbonyl (C=S) groups is 1. The van der Waals surface area contributed by atoms with Crippen molar-refractivity contribution in [3.63, 3.8) is 0 Å². The van der Waals surface area contributed by atoms with Gasteiger partial charge in [-0.2, -0.15) is 0 Å². The Bertz CT molecular complexity index is 987. The predicted molar refractivity (Wildman–Crippen MR) is 119 cm³/mol. The molecular weight excluding hydrogens is 406 g/mol. The lowest BCUT2D eigenvalue weighted by molar-refractivity contribution is -0.384. The number of nitro groups is 1. The lowest BCUT2D eigenvalue weighted by atomic mass is 10.1. The average Bonchev–Trinajstić information content (AvgIpc) is 3.23. The van der Waals surface area contributed by atoms with Crippen LogP contribution in [0.3, 0.4) is 0 Å². The SMILES string of the molecule is CC(=O)NC(=S)Nc1ccc(NC(=O)c2ccc(N3CCCC3)c([N+](=O)[O-])c2)cc1. The Morgan fingerprint density at radius 2 is 1.63 bits per heavy atom. The Labute approximate surface area is 178 Å². The van der Waals surface area contributed by atoms with E-state index in [9.17, 15) is 19.7 Å². The second kappa shape index (κ2) is 9.31.